The molecule has 0 aromatic carbocycles. The van der Waals surface area contributed by atoms with Crippen LogP contribution in [-0.4, -0.2) is 41.4 Å². The van der Waals surface area contributed by atoms with Crippen LogP contribution in [0, 0.1) is 5.92 Å². The lowest BCUT2D eigenvalue weighted by molar-refractivity contribution is -0.138. The molecule has 2 unspecified atom stereocenters. The molecule has 1 rings (SSSR count). The molecule has 3 N–H and O–H groups in total. The predicted octanol–water partition coefficient (Wildman–Crippen LogP) is 1.30. The molecule has 1 heterocycles. The van der Waals surface area contributed by atoms with Crippen molar-refractivity contribution < 1.29 is 9.59 Å². The van der Waals surface area contributed by atoms with Gasteiger partial charge in [0.2, 0.25) is 11.8 Å². The molecule has 2 amide bonds. The Morgan fingerprint density at radius 3 is 2.20 bits per heavy atom. The standard InChI is InChI=1S/C14H27N3O2.ClH/c1-9(2)13(15)14(19)16-8-12(18)17-10(3)6-5-7-11(17)4;/h9-11,13H,5-8,15H2,1-4H3,(H,16,19);1H/t10?,11?,13-;/m0./s1. The van der Waals surface area contributed by atoms with E-state index < -0.39 is 6.04 Å². The Morgan fingerprint density at radius 2 is 1.75 bits per heavy atom. The van der Waals surface area contributed by atoms with Crippen LogP contribution in [0.3, 0.4) is 0 Å². The Morgan fingerprint density at radius 1 is 1.25 bits per heavy atom. The van der Waals surface area contributed by atoms with Crippen LogP contribution in [0.2, 0.25) is 0 Å². The Hall–Kier alpha value is -0.810. The molecule has 1 aliphatic heterocycles. The summed E-state index contributed by atoms with van der Waals surface area (Å²) >= 11 is 0. The van der Waals surface area contributed by atoms with Crippen LogP contribution in [0.1, 0.15) is 47.0 Å². The zero-order valence-corrected chi connectivity index (χ0v) is 13.7. The van der Waals surface area contributed by atoms with E-state index in [2.05, 4.69) is 19.2 Å². The van der Waals surface area contributed by atoms with Gasteiger partial charge in [0.05, 0.1) is 12.6 Å². The number of amides is 2. The van der Waals surface area contributed by atoms with Gasteiger partial charge in [-0.1, -0.05) is 13.8 Å². The quantitative estimate of drug-likeness (QED) is 0.822. The summed E-state index contributed by atoms with van der Waals surface area (Å²) in [5, 5.41) is 2.65. The van der Waals surface area contributed by atoms with Crippen molar-refractivity contribution in [3.63, 3.8) is 0 Å². The number of nitrogens with one attached hydrogen (secondary N) is 1. The predicted molar refractivity (Wildman–Crippen MR) is 82.7 cm³/mol. The first kappa shape index (κ1) is 19.2. The highest BCUT2D eigenvalue weighted by Crippen LogP contribution is 2.22. The third kappa shape index (κ3) is 4.94. The minimum Gasteiger partial charge on any atom is -0.346 e. The summed E-state index contributed by atoms with van der Waals surface area (Å²) in [7, 11) is 0. The number of nitrogens with two attached hydrogens (primary N) is 1. The Bertz CT molecular complexity index is 326. The molecule has 1 saturated heterocycles. The van der Waals surface area contributed by atoms with Crippen molar-refractivity contribution >= 4 is 24.2 Å². The maximum Gasteiger partial charge on any atom is 0.242 e. The van der Waals surface area contributed by atoms with Gasteiger partial charge in [-0.3, -0.25) is 9.59 Å². The summed E-state index contributed by atoms with van der Waals surface area (Å²) in [6, 6.07) is -0.0390. The highest BCUT2D eigenvalue weighted by atomic mass is 35.5. The second-order valence-corrected chi connectivity index (χ2v) is 5.92. The van der Waals surface area contributed by atoms with Gasteiger partial charge < -0.3 is 16.0 Å². The van der Waals surface area contributed by atoms with Gasteiger partial charge in [0, 0.05) is 12.1 Å². The van der Waals surface area contributed by atoms with Crippen molar-refractivity contribution in [3.8, 4) is 0 Å². The lowest BCUT2D eigenvalue weighted by atomic mass is 9.97. The van der Waals surface area contributed by atoms with Gasteiger partial charge in [-0.25, -0.2) is 0 Å². The molecule has 118 valence electrons. The van der Waals surface area contributed by atoms with Crippen LogP contribution >= 0.6 is 12.4 Å². The number of likely N-dealkylation sites (tertiary alicyclic amines) is 1. The maximum atomic E-state index is 12.2. The van der Waals surface area contributed by atoms with Gasteiger partial charge in [0.1, 0.15) is 0 Å². The van der Waals surface area contributed by atoms with E-state index in [0.29, 0.717) is 0 Å². The summed E-state index contributed by atoms with van der Waals surface area (Å²) in [6.07, 6.45) is 3.24. The van der Waals surface area contributed by atoms with Crippen LogP contribution in [0.4, 0.5) is 0 Å². The Kier molecular flexibility index (Phi) is 8.13. The first-order valence-corrected chi connectivity index (χ1v) is 7.19. The molecule has 3 atom stereocenters. The molecule has 5 nitrogen and oxygen atoms in total. The number of hydrogen-bond acceptors (Lipinski definition) is 3. The van der Waals surface area contributed by atoms with Crippen molar-refractivity contribution in [1.82, 2.24) is 10.2 Å². The number of carbonyl (C=O) groups excluding carboxylic acids is 2. The zero-order chi connectivity index (χ0) is 14.6. The number of hydrogen-bond donors (Lipinski definition) is 2. The summed E-state index contributed by atoms with van der Waals surface area (Å²) in [5.41, 5.74) is 5.74. The summed E-state index contributed by atoms with van der Waals surface area (Å²) in [5.74, 6) is -0.187. The third-order valence-corrected chi connectivity index (χ3v) is 3.92. The molecular weight excluding hydrogens is 278 g/mol. The topological polar surface area (TPSA) is 75.4 Å². The highest BCUT2D eigenvalue weighted by molar-refractivity contribution is 5.87. The van der Waals surface area contributed by atoms with E-state index in [1.54, 1.807) is 0 Å². The SMILES string of the molecule is CC(C)[C@H](N)C(=O)NCC(=O)N1C(C)CCCC1C.Cl. The van der Waals surface area contributed by atoms with Crippen molar-refractivity contribution in [2.45, 2.75) is 65.1 Å². The van der Waals surface area contributed by atoms with Gasteiger partial charge >= 0.3 is 0 Å². The highest BCUT2D eigenvalue weighted by Gasteiger charge is 2.29. The molecule has 0 saturated carbocycles. The molecule has 0 aromatic heterocycles. The molecule has 0 bridgehead atoms. The minimum absolute atomic E-state index is 0. The summed E-state index contributed by atoms with van der Waals surface area (Å²) in [6.45, 7) is 7.96. The normalized spacial score (nSPS) is 24.0. The Balaban J connectivity index is 0.00000361. The third-order valence-electron chi connectivity index (χ3n) is 3.92. The Labute approximate surface area is 128 Å². The average Bonchev–Trinajstić information content (AvgIpc) is 2.34. The van der Waals surface area contributed by atoms with Crippen LogP contribution < -0.4 is 11.1 Å². The smallest absolute Gasteiger partial charge is 0.242 e. The fourth-order valence-electron chi connectivity index (χ4n) is 2.59. The second kappa shape index (κ2) is 8.47. The molecule has 0 spiro atoms. The number of piperidine rings is 1. The summed E-state index contributed by atoms with van der Waals surface area (Å²) < 4.78 is 0. The van der Waals surface area contributed by atoms with Gasteiger partial charge in [0.15, 0.2) is 0 Å². The fourth-order valence-corrected chi connectivity index (χ4v) is 2.59. The lowest BCUT2D eigenvalue weighted by Crippen LogP contribution is -2.53. The van der Waals surface area contributed by atoms with E-state index in [1.165, 1.54) is 0 Å². The van der Waals surface area contributed by atoms with Crippen molar-refractivity contribution in [3.05, 3.63) is 0 Å². The number of rotatable bonds is 4. The van der Waals surface area contributed by atoms with Crippen molar-refractivity contribution in [2.24, 2.45) is 11.7 Å². The first-order valence-electron chi connectivity index (χ1n) is 7.19. The van der Waals surface area contributed by atoms with Crippen LogP contribution in [0.25, 0.3) is 0 Å². The lowest BCUT2D eigenvalue weighted by Gasteiger charge is -2.39. The van der Waals surface area contributed by atoms with Gasteiger partial charge in [-0.2, -0.15) is 0 Å². The van der Waals surface area contributed by atoms with Crippen molar-refractivity contribution in [1.29, 1.82) is 0 Å². The van der Waals surface area contributed by atoms with Gasteiger partial charge in [0.25, 0.3) is 0 Å². The van der Waals surface area contributed by atoms with Crippen LogP contribution in [-0.2, 0) is 9.59 Å². The fraction of sp³-hybridized carbons (Fsp3) is 0.857. The number of nitrogens with zero attached hydrogens (tertiary/aromatic N) is 1. The van der Waals surface area contributed by atoms with E-state index in [-0.39, 0.29) is 48.8 Å². The molecular formula is C14H28ClN3O2. The van der Waals surface area contributed by atoms with E-state index in [4.69, 9.17) is 5.73 Å². The molecule has 0 aromatic rings. The molecule has 0 aliphatic carbocycles. The number of carbonyl (C=O) groups is 2. The van der Waals surface area contributed by atoms with E-state index in [1.807, 2.05) is 18.7 Å². The van der Waals surface area contributed by atoms with Crippen LogP contribution in [0.5, 0.6) is 0 Å². The van der Waals surface area contributed by atoms with Gasteiger partial charge in [-0.15, -0.1) is 12.4 Å². The summed E-state index contributed by atoms with van der Waals surface area (Å²) in [4.78, 5) is 25.8. The maximum absolute atomic E-state index is 12.2. The van der Waals surface area contributed by atoms with E-state index in [9.17, 15) is 9.59 Å². The van der Waals surface area contributed by atoms with Crippen molar-refractivity contribution in [2.75, 3.05) is 6.54 Å². The van der Waals surface area contributed by atoms with Crippen LogP contribution in [0.15, 0.2) is 0 Å². The molecule has 20 heavy (non-hydrogen) atoms. The van der Waals surface area contributed by atoms with E-state index in [0.717, 1.165) is 19.3 Å². The molecule has 1 aliphatic rings. The van der Waals surface area contributed by atoms with E-state index >= 15 is 0 Å². The minimum atomic E-state index is -0.552. The van der Waals surface area contributed by atoms with Gasteiger partial charge in [-0.05, 0) is 39.0 Å². The molecule has 1 fully saturated rings. The molecule has 6 heteroatoms. The largest absolute Gasteiger partial charge is 0.346 e. The molecule has 0 radical (unpaired) electrons. The average molecular weight is 306 g/mol. The first-order chi connectivity index (χ1) is 8.84. The second-order valence-electron chi connectivity index (χ2n) is 5.92. The monoisotopic (exact) mass is 305 g/mol. The zero-order valence-electron chi connectivity index (χ0n) is 12.9. The number of halogens is 1.